The van der Waals surface area contributed by atoms with Gasteiger partial charge in [-0.1, -0.05) is 12.1 Å². The average molecular weight is 358 g/mol. The van der Waals surface area contributed by atoms with Crippen LogP contribution in [0, 0.1) is 0 Å². The quantitative estimate of drug-likeness (QED) is 0.843. The van der Waals surface area contributed by atoms with Crippen molar-refractivity contribution in [3.63, 3.8) is 0 Å². The first-order valence-electron chi connectivity index (χ1n) is 8.40. The number of amides is 1. The zero-order chi connectivity index (χ0) is 18.1. The predicted octanol–water partition coefficient (Wildman–Crippen LogP) is 3.70. The molecule has 2 fully saturated rings. The summed E-state index contributed by atoms with van der Waals surface area (Å²) in [6.45, 7) is 1.19. The van der Waals surface area contributed by atoms with E-state index in [0.29, 0.717) is 24.9 Å². The predicted molar refractivity (Wildman–Crippen MR) is 84.4 cm³/mol. The molecule has 2 aliphatic rings. The van der Waals surface area contributed by atoms with E-state index >= 15 is 0 Å². The van der Waals surface area contributed by atoms with Crippen LogP contribution in [0.5, 0.6) is 5.75 Å². The van der Waals surface area contributed by atoms with E-state index in [2.05, 4.69) is 10.1 Å². The number of hydrogen-bond acceptors (Lipinski definition) is 3. The fourth-order valence-electron chi connectivity index (χ4n) is 3.78. The van der Waals surface area contributed by atoms with Crippen molar-refractivity contribution in [3.8, 4) is 5.75 Å². The maximum atomic E-state index is 12.5. The molecular formula is C17H21F3N2O3. The molecule has 0 bridgehead atoms. The number of halogens is 3. The molecule has 1 saturated heterocycles. The first kappa shape index (κ1) is 17.8. The number of nitrogens with zero attached hydrogens (tertiary/aromatic N) is 1. The normalized spacial score (nSPS) is 22.3. The van der Waals surface area contributed by atoms with Gasteiger partial charge in [-0.2, -0.15) is 0 Å². The van der Waals surface area contributed by atoms with Gasteiger partial charge in [0.1, 0.15) is 5.75 Å². The number of benzene rings is 1. The Bertz CT molecular complexity index is 626. The molecule has 1 aromatic carbocycles. The minimum Gasteiger partial charge on any atom is -0.465 e. The van der Waals surface area contributed by atoms with Crippen molar-refractivity contribution in [1.82, 2.24) is 10.2 Å². The summed E-state index contributed by atoms with van der Waals surface area (Å²) < 4.78 is 41.5. The number of carbonyl (C=O) groups is 1. The van der Waals surface area contributed by atoms with Gasteiger partial charge < -0.3 is 15.2 Å². The van der Waals surface area contributed by atoms with Gasteiger partial charge in [0.05, 0.1) is 5.54 Å². The number of carboxylic acid groups (broad SMARTS) is 1. The van der Waals surface area contributed by atoms with Crippen molar-refractivity contribution < 1.29 is 27.8 Å². The second kappa shape index (κ2) is 6.74. The second-order valence-electron chi connectivity index (χ2n) is 6.65. The molecule has 0 aromatic heterocycles. The van der Waals surface area contributed by atoms with Crippen LogP contribution in [0.25, 0.3) is 0 Å². The average Bonchev–Trinajstić information content (AvgIpc) is 2.96. The van der Waals surface area contributed by atoms with Crippen LogP contribution in [0.4, 0.5) is 18.0 Å². The molecule has 1 aromatic rings. The van der Waals surface area contributed by atoms with Gasteiger partial charge in [0.25, 0.3) is 0 Å². The lowest BCUT2D eigenvalue weighted by Gasteiger charge is -2.50. The molecule has 1 saturated carbocycles. The van der Waals surface area contributed by atoms with Crippen LogP contribution in [0.3, 0.4) is 0 Å². The van der Waals surface area contributed by atoms with E-state index in [1.807, 2.05) is 0 Å². The first-order valence-corrected chi connectivity index (χ1v) is 8.40. The summed E-state index contributed by atoms with van der Waals surface area (Å²) in [4.78, 5) is 13.3. The van der Waals surface area contributed by atoms with Gasteiger partial charge in [0.15, 0.2) is 0 Å². The van der Waals surface area contributed by atoms with Crippen LogP contribution < -0.4 is 10.1 Å². The lowest BCUT2D eigenvalue weighted by Crippen LogP contribution is -2.56. The summed E-state index contributed by atoms with van der Waals surface area (Å²) >= 11 is 0. The topological polar surface area (TPSA) is 61.8 Å². The van der Waals surface area contributed by atoms with E-state index in [-0.39, 0.29) is 11.8 Å². The lowest BCUT2D eigenvalue weighted by atomic mass is 9.70. The van der Waals surface area contributed by atoms with Crippen LogP contribution in [0.1, 0.15) is 37.7 Å². The van der Waals surface area contributed by atoms with Gasteiger partial charge in [-0.05, 0) is 56.3 Å². The van der Waals surface area contributed by atoms with Gasteiger partial charge in [-0.3, -0.25) is 4.90 Å². The van der Waals surface area contributed by atoms with Crippen molar-refractivity contribution in [2.45, 2.75) is 50.0 Å². The number of alkyl halides is 3. The van der Waals surface area contributed by atoms with Gasteiger partial charge in [0.2, 0.25) is 0 Å². The van der Waals surface area contributed by atoms with Crippen LogP contribution >= 0.6 is 0 Å². The molecule has 0 unspecified atom stereocenters. The molecular weight excluding hydrogens is 337 g/mol. The molecule has 2 N–H and O–H groups in total. The highest BCUT2D eigenvalue weighted by Gasteiger charge is 2.47. The molecule has 1 atom stereocenters. The number of nitrogens with one attached hydrogen (secondary N) is 1. The highest BCUT2D eigenvalue weighted by molar-refractivity contribution is 5.67. The first-order chi connectivity index (χ1) is 11.8. The number of rotatable bonds is 5. The highest BCUT2D eigenvalue weighted by atomic mass is 19.4. The summed E-state index contributed by atoms with van der Waals surface area (Å²) in [5.41, 5.74) is -0.220. The van der Waals surface area contributed by atoms with Crippen LogP contribution in [-0.2, 0) is 5.54 Å². The van der Waals surface area contributed by atoms with Crippen molar-refractivity contribution in [3.05, 3.63) is 29.8 Å². The van der Waals surface area contributed by atoms with Crippen molar-refractivity contribution >= 4 is 6.09 Å². The fourth-order valence-corrected chi connectivity index (χ4v) is 3.78. The van der Waals surface area contributed by atoms with Crippen LogP contribution in [0.2, 0.25) is 0 Å². The monoisotopic (exact) mass is 358 g/mol. The Morgan fingerprint density at radius 1 is 1.36 bits per heavy atom. The Morgan fingerprint density at radius 2 is 2.12 bits per heavy atom. The smallest absolute Gasteiger partial charge is 0.465 e. The largest absolute Gasteiger partial charge is 0.573 e. The van der Waals surface area contributed by atoms with Gasteiger partial charge in [-0.25, -0.2) is 4.79 Å². The molecule has 1 heterocycles. The molecule has 138 valence electrons. The maximum Gasteiger partial charge on any atom is 0.573 e. The van der Waals surface area contributed by atoms with Gasteiger partial charge >= 0.3 is 12.5 Å². The highest BCUT2D eigenvalue weighted by Crippen LogP contribution is 2.47. The summed E-state index contributed by atoms with van der Waals surface area (Å²) in [5.74, 6) is -0.319. The number of hydrogen-bond donors (Lipinski definition) is 2. The van der Waals surface area contributed by atoms with Crippen molar-refractivity contribution in [2.75, 3.05) is 13.1 Å². The molecule has 0 radical (unpaired) electrons. The minimum absolute atomic E-state index is 0.0863. The van der Waals surface area contributed by atoms with Gasteiger partial charge in [-0.15, -0.1) is 13.2 Å². The Morgan fingerprint density at radius 3 is 2.64 bits per heavy atom. The Labute approximate surface area is 143 Å². The standard InChI is InChI=1S/C17H21F3N2O3/c18-17(19,20)25-14-6-1-4-12(10-14)16(7-3-8-16)22(15(23)24)11-13-5-2-9-21-13/h1,4,6,10,13,21H,2-3,5,7-9,11H2,(H,23,24)/t13-/m0/s1. The van der Waals surface area contributed by atoms with E-state index in [4.69, 9.17) is 0 Å². The summed E-state index contributed by atoms with van der Waals surface area (Å²) in [6, 6.07) is 5.78. The van der Waals surface area contributed by atoms with E-state index in [1.54, 1.807) is 6.07 Å². The third kappa shape index (κ3) is 3.84. The molecule has 5 nitrogen and oxygen atoms in total. The minimum atomic E-state index is -4.77. The van der Waals surface area contributed by atoms with E-state index in [0.717, 1.165) is 25.8 Å². The zero-order valence-electron chi connectivity index (χ0n) is 13.7. The Kier molecular flexibility index (Phi) is 4.81. The third-order valence-corrected chi connectivity index (χ3v) is 5.10. The van der Waals surface area contributed by atoms with E-state index in [1.165, 1.54) is 23.1 Å². The summed E-state index contributed by atoms with van der Waals surface area (Å²) in [7, 11) is 0. The molecule has 1 amide bonds. The molecule has 3 rings (SSSR count). The Balaban J connectivity index is 1.87. The molecule has 1 aliphatic carbocycles. The van der Waals surface area contributed by atoms with Crippen LogP contribution in [-0.4, -0.2) is 41.6 Å². The van der Waals surface area contributed by atoms with Crippen molar-refractivity contribution in [1.29, 1.82) is 0 Å². The summed E-state index contributed by atoms with van der Waals surface area (Å²) in [6.07, 6.45) is -1.88. The zero-order valence-corrected chi connectivity index (χ0v) is 13.7. The van der Waals surface area contributed by atoms with Crippen LogP contribution in [0.15, 0.2) is 24.3 Å². The lowest BCUT2D eigenvalue weighted by molar-refractivity contribution is -0.274. The molecule has 8 heteroatoms. The number of ether oxygens (including phenoxy) is 1. The van der Waals surface area contributed by atoms with Crippen molar-refractivity contribution in [2.24, 2.45) is 0 Å². The van der Waals surface area contributed by atoms with Gasteiger partial charge in [0, 0.05) is 12.6 Å². The molecule has 0 spiro atoms. The van der Waals surface area contributed by atoms with E-state index in [9.17, 15) is 23.1 Å². The second-order valence-corrected chi connectivity index (χ2v) is 6.65. The molecule has 25 heavy (non-hydrogen) atoms. The third-order valence-electron chi connectivity index (χ3n) is 5.10. The fraction of sp³-hybridized carbons (Fsp3) is 0.588. The maximum absolute atomic E-state index is 12.5. The summed E-state index contributed by atoms with van der Waals surface area (Å²) in [5, 5.41) is 13.0. The Hall–Kier alpha value is -1.96. The van der Waals surface area contributed by atoms with E-state index < -0.39 is 18.0 Å². The molecule has 1 aliphatic heterocycles. The SMILES string of the molecule is O=C(O)N(C[C@@H]1CCCN1)C1(c2cccc(OC(F)(F)F)c2)CCC1.